The molecule has 1 aliphatic carbocycles. The van der Waals surface area contributed by atoms with Crippen molar-refractivity contribution < 1.29 is 10.0 Å². The Morgan fingerprint density at radius 1 is 1.25 bits per heavy atom. The second kappa shape index (κ2) is 5.14. The van der Waals surface area contributed by atoms with Crippen LogP contribution >= 0.6 is 0 Å². The van der Waals surface area contributed by atoms with Crippen molar-refractivity contribution in [1.29, 1.82) is 0 Å². The molecule has 3 heteroatoms. The van der Waals surface area contributed by atoms with E-state index in [1.165, 1.54) is 25.7 Å². The van der Waals surface area contributed by atoms with Gasteiger partial charge in [0, 0.05) is 6.42 Å². The number of hydrogen-bond donors (Lipinski definition) is 2. The van der Waals surface area contributed by atoms with Crippen LogP contribution in [-0.2, 0) is 4.79 Å². The molecule has 1 rings (SSSR count). The Hall–Kier alpha value is -0.570. The lowest BCUT2D eigenvalue weighted by molar-refractivity contribution is -0.130. The minimum absolute atomic E-state index is 0.234. The quantitative estimate of drug-likeness (QED) is 0.378. The smallest absolute Gasteiger partial charge is 0.243 e. The highest BCUT2D eigenvalue weighted by Gasteiger charge is 2.15. The van der Waals surface area contributed by atoms with Crippen LogP contribution in [-0.4, -0.2) is 11.1 Å². The molecule has 2 N–H and O–H groups in total. The summed E-state index contributed by atoms with van der Waals surface area (Å²) < 4.78 is 0. The van der Waals surface area contributed by atoms with Crippen molar-refractivity contribution in [3.8, 4) is 0 Å². The Kier molecular flexibility index (Phi) is 4.08. The third-order valence-electron chi connectivity index (χ3n) is 2.57. The number of hydroxylamine groups is 1. The molecule has 1 fully saturated rings. The summed E-state index contributed by atoms with van der Waals surface area (Å²) in [6.07, 6.45) is 7.87. The van der Waals surface area contributed by atoms with Crippen molar-refractivity contribution >= 4 is 5.91 Å². The SMILES string of the molecule is O=C(CC1CCCCCC1)NO. The first-order valence-electron chi connectivity index (χ1n) is 4.76. The summed E-state index contributed by atoms with van der Waals surface area (Å²) in [6, 6.07) is 0. The van der Waals surface area contributed by atoms with Crippen LogP contribution in [0, 0.1) is 5.92 Å². The van der Waals surface area contributed by atoms with Crippen LogP contribution < -0.4 is 5.48 Å². The fraction of sp³-hybridized carbons (Fsp3) is 0.889. The van der Waals surface area contributed by atoms with Gasteiger partial charge in [0.2, 0.25) is 5.91 Å². The van der Waals surface area contributed by atoms with E-state index in [0.29, 0.717) is 12.3 Å². The minimum atomic E-state index is -0.234. The number of carbonyl (C=O) groups excluding carboxylic acids is 1. The van der Waals surface area contributed by atoms with Crippen LogP contribution in [0.3, 0.4) is 0 Å². The van der Waals surface area contributed by atoms with Gasteiger partial charge in [-0.1, -0.05) is 25.7 Å². The van der Waals surface area contributed by atoms with Gasteiger partial charge in [-0.05, 0) is 18.8 Å². The number of rotatable bonds is 2. The van der Waals surface area contributed by atoms with E-state index in [-0.39, 0.29) is 5.91 Å². The van der Waals surface area contributed by atoms with Crippen LogP contribution in [0.5, 0.6) is 0 Å². The summed E-state index contributed by atoms with van der Waals surface area (Å²) >= 11 is 0. The van der Waals surface area contributed by atoms with Gasteiger partial charge in [0.1, 0.15) is 0 Å². The number of carbonyl (C=O) groups is 1. The molecule has 0 bridgehead atoms. The molecule has 70 valence electrons. The van der Waals surface area contributed by atoms with E-state index in [2.05, 4.69) is 0 Å². The monoisotopic (exact) mass is 171 g/mol. The van der Waals surface area contributed by atoms with Gasteiger partial charge in [-0.15, -0.1) is 0 Å². The van der Waals surface area contributed by atoms with Crippen molar-refractivity contribution in [3.63, 3.8) is 0 Å². The average Bonchev–Trinajstić information content (AvgIpc) is 2.33. The summed E-state index contributed by atoms with van der Waals surface area (Å²) in [7, 11) is 0. The maximum Gasteiger partial charge on any atom is 0.243 e. The van der Waals surface area contributed by atoms with Crippen LogP contribution in [0.25, 0.3) is 0 Å². The third kappa shape index (κ3) is 3.22. The summed E-state index contributed by atoms with van der Waals surface area (Å²) in [4.78, 5) is 10.8. The van der Waals surface area contributed by atoms with Gasteiger partial charge < -0.3 is 0 Å². The Morgan fingerprint density at radius 2 is 1.83 bits per heavy atom. The summed E-state index contributed by atoms with van der Waals surface area (Å²) in [5.74, 6) is 0.265. The van der Waals surface area contributed by atoms with Gasteiger partial charge in [0.15, 0.2) is 0 Å². The molecule has 0 aliphatic heterocycles. The Labute approximate surface area is 73.1 Å². The lowest BCUT2D eigenvalue weighted by Crippen LogP contribution is -2.21. The first-order valence-corrected chi connectivity index (χ1v) is 4.76. The third-order valence-corrected chi connectivity index (χ3v) is 2.57. The van der Waals surface area contributed by atoms with Crippen LogP contribution in [0.1, 0.15) is 44.9 Å². The number of hydrogen-bond acceptors (Lipinski definition) is 2. The highest BCUT2D eigenvalue weighted by Crippen LogP contribution is 2.24. The Balaban J connectivity index is 2.24. The van der Waals surface area contributed by atoms with E-state index in [4.69, 9.17) is 5.21 Å². The van der Waals surface area contributed by atoms with Crippen molar-refractivity contribution in [2.45, 2.75) is 44.9 Å². The Bertz CT molecular complexity index is 139. The molecule has 1 saturated carbocycles. The Morgan fingerprint density at radius 3 is 2.33 bits per heavy atom. The molecule has 0 aromatic rings. The van der Waals surface area contributed by atoms with Crippen molar-refractivity contribution in [2.24, 2.45) is 5.92 Å². The molecule has 12 heavy (non-hydrogen) atoms. The van der Waals surface area contributed by atoms with E-state index in [1.807, 2.05) is 0 Å². The van der Waals surface area contributed by atoms with E-state index >= 15 is 0 Å². The van der Waals surface area contributed by atoms with E-state index in [9.17, 15) is 4.79 Å². The molecule has 0 spiro atoms. The minimum Gasteiger partial charge on any atom is -0.289 e. The molecule has 0 saturated heterocycles. The zero-order valence-corrected chi connectivity index (χ0v) is 7.38. The number of nitrogens with one attached hydrogen (secondary N) is 1. The molecule has 1 aliphatic rings. The van der Waals surface area contributed by atoms with Gasteiger partial charge in [-0.2, -0.15) is 0 Å². The van der Waals surface area contributed by atoms with E-state index < -0.39 is 0 Å². The zero-order chi connectivity index (χ0) is 8.81. The molecular formula is C9H17NO2. The predicted octanol–water partition coefficient (Wildman–Crippen LogP) is 1.85. The molecule has 0 aromatic carbocycles. The van der Waals surface area contributed by atoms with Crippen LogP contribution in [0.4, 0.5) is 0 Å². The second-order valence-corrected chi connectivity index (χ2v) is 3.60. The van der Waals surface area contributed by atoms with E-state index in [1.54, 1.807) is 5.48 Å². The molecule has 0 heterocycles. The molecule has 3 nitrogen and oxygen atoms in total. The van der Waals surface area contributed by atoms with Gasteiger partial charge in [-0.25, -0.2) is 5.48 Å². The van der Waals surface area contributed by atoms with Crippen LogP contribution in [0.15, 0.2) is 0 Å². The van der Waals surface area contributed by atoms with Gasteiger partial charge in [0.05, 0.1) is 0 Å². The van der Waals surface area contributed by atoms with Crippen molar-refractivity contribution in [2.75, 3.05) is 0 Å². The summed E-state index contributed by atoms with van der Waals surface area (Å²) in [5.41, 5.74) is 1.69. The normalized spacial score (nSPS) is 20.1. The fourth-order valence-corrected chi connectivity index (χ4v) is 1.88. The molecule has 0 radical (unpaired) electrons. The molecule has 1 amide bonds. The average molecular weight is 171 g/mol. The zero-order valence-electron chi connectivity index (χ0n) is 7.38. The standard InChI is InChI=1S/C9H17NO2/c11-9(10-12)7-8-5-3-1-2-4-6-8/h8,12H,1-7H2,(H,10,11). The number of amides is 1. The van der Waals surface area contributed by atoms with Gasteiger partial charge in [0.25, 0.3) is 0 Å². The highest BCUT2D eigenvalue weighted by molar-refractivity contribution is 5.74. The maximum absolute atomic E-state index is 10.8. The summed E-state index contributed by atoms with van der Waals surface area (Å²) in [5, 5.41) is 8.34. The highest BCUT2D eigenvalue weighted by atomic mass is 16.5. The lowest BCUT2D eigenvalue weighted by atomic mass is 9.96. The first-order chi connectivity index (χ1) is 5.83. The van der Waals surface area contributed by atoms with Crippen molar-refractivity contribution in [1.82, 2.24) is 5.48 Å². The summed E-state index contributed by atoms with van der Waals surface area (Å²) in [6.45, 7) is 0. The molecule has 0 aromatic heterocycles. The molecule has 0 atom stereocenters. The fourth-order valence-electron chi connectivity index (χ4n) is 1.88. The lowest BCUT2D eigenvalue weighted by Gasteiger charge is -2.11. The second-order valence-electron chi connectivity index (χ2n) is 3.60. The largest absolute Gasteiger partial charge is 0.289 e. The molecule has 0 unspecified atom stereocenters. The van der Waals surface area contributed by atoms with E-state index in [0.717, 1.165) is 12.8 Å². The predicted molar refractivity (Wildman–Crippen MR) is 45.7 cm³/mol. The topological polar surface area (TPSA) is 49.3 Å². The van der Waals surface area contributed by atoms with Gasteiger partial charge >= 0.3 is 0 Å². The first kappa shape index (κ1) is 9.52. The molecular weight excluding hydrogens is 154 g/mol. The van der Waals surface area contributed by atoms with Crippen LogP contribution in [0.2, 0.25) is 0 Å². The maximum atomic E-state index is 10.8. The van der Waals surface area contributed by atoms with Gasteiger partial charge in [-0.3, -0.25) is 10.0 Å². The van der Waals surface area contributed by atoms with Crippen molar-refractivity contribution in [3.05, 3.63) is 0 Å².